The molecule has 0 unspecified atom stereocenters. The van der Waals surface area contributed by atoms with E-state index < -0.39 is 18.0 Å². The largest absolute Gasteiger partial charge is 0.466 e. The number of ether oxygens (including phenoxy) is 2. The van der Waals surface area contributed by atoms with Crippen LogP contribution >= 0.6 is 11.6 Å². The molecule has 0 aliphatic heterocycles. The van der Waals surface area contributed by atoms with Crippen molar-refractivity contribution in [2.24, 2.45) is 4.99 Å². The van der Waals surface area contributed by atoms with Gasteiger partial charge in [-0.3, -0.25) is 4.79 Å². The van der Waals surface area contributed by atoms with Crippen molar-refractivity contribution in [3.05, 3.63) is 28.8 Å². The van der Waals surface area contributed by atoms with E-state index in [-0.39, 0.29) is 30.2 Å². The molecular weight excluding hydrogens is 324 g/mol. The van der Waals surface area contributed by atoms with Crippen LogP contribution in [-0.4, -0.2) is 37.4 Å². The molecule has 23 heavy (non-hydrogen) atoms. The Morgan fingerprint density at radius 2 is 1.91 bits per heavy atom. The second-order valence-electron chi connectivity index (χ2n) is 4.17. The summed E-state index contributed by atoms with van der Waals surface area (Å²) in [5.41, 5.74) is 0.470. The average Bonchev–Trinajstić information content (AvgIpc) is 2.49. The number of hydrogen-bond acceptors (Lipinski definition) is 5. The van der Waals surface area contributed by atoms with Crippen molar-refractivity contribution in [2.45, 2.75) is 20.3 Å². The number of carbonyl (C=O) groups is 3. The third-order valence-corrected chi connectivity index (χ3v) is 2.81. The number of anilines is 1. The molecule has 0 atom stereocenters. The SMILES string of the molecule is CCOC(=O)CC=NC(=O)Nc1ccc(Cl)c(C(=O)OCC)c1. The van der Waals surface area contributed by atoms with Gasteiger partial charge in [-0.2, -0.15) is 0 Å². The first-order valence-electron chi connectivity index (χ1n) is 6.93. The minimum atomic E-state index is -0.688. The molecule has 1 rings (SSSR count). The van der Waals surface area contributed by atoms with Crippen LogP contribution in [-0.2, 0) is 14.3 Å². The van der Waals surface area contributed by atoms with Crippen molar-refractivity contribution in [2.75, 3.05) is 18.5 Å². The van der Waals surface area contributed by atoms with E-state index in [1.54, 1.807) is 13.8 Å². The Bertz CT molecular complexity index is 616. The summed E-state index contributed by atoms with van der Waals surface area (Å²) in [7, 11) is 0. The van der Waals surface area contributed by atoms with Gasteiger partial charge in [0.2, 0.25) is 0 Å². The van der Waals surface area contributed by atoms with Gasteiger partial charge in [0.25, 0.3) is 0 Å². The van der Waals surface area contributed by atoms with Gasteiger partial charge in [0.15, 0.2) is 0 Å². The van der Waals surface area contributed by atoms with E-state index in [4.69, 9.17) is 21.1 Å². The number of aliphatic imine (C=N–C) groups is 1. The monoisotopic (exact) mass is 340 g/mol. The normalized spacial score (nSPS) is 10.4. The molecule has 1 aromatic rings. The molecule has 2 amide bonds. The zero-order chi connectivity index (χ0) is 17.2. The van der Waals surface area contributed by atoms with Crippen molar-refractivity contribution in [3.63, 3.8) is 0 Å². The number of hydrogen-bond donors (Lipinski definition) is 1. The maximum absolute atomic E-state index is 11.7. The quantitative estimate of drug-likeness (QED) is 0.634. The Labute approximate surface area is 138 Å². The fraction of sp³-hybridized carbons (Fsp3) is 0.333. The van der Waals surface area contributed by atoms with Gasteiger partial charge in [-0.25, -0.2) is 14.6 Å². The van der Waals surface area contributed by atoms with Crippen molar-refractivity contribution in [1.29, 1.82) is 0 Å². The van der Waals surface area contributed by atoms with Gasteiger partial charge >= 0.3 is 18.0 Å². The van der Waals surface area contributed by atoms with Crippen LogP contribution < -0.4 is 5.32 Å². The number of rotatable bonds is 6. The standard InChI is InChI=1S/C15H17ClN2O5/c1-3-22-13(19)7-8-17-15(21)18-10-5-6-12(16)11(9-10)14(20)23-4-2/h5-6,8-9H,3-4,7H2,1-2H3,(H,18,21). The molecule has 0 aliphatic carbocycles. The van der Waals surface area contributed by atoms with E-state index in [9.17, 15) is 14.4 Å². The third kappa shape index (κ3) is 6.48. The highest BCUT2D eigenvalue weighted by Crippen LogP contribution is 2.21. The molecule has 8 heteroatoms. The summed E-state index contributed by atoms with van der Waals surface area (Å²) in [6, 6.07) is 3.68. The molecule has 0 bridgehead atoms. The van der Waals surface area contributed by atoms with Crippen LogP contribution in [0.3, 0.4) is 0 Å². The lowest BCUT2D eigenvalue weighted by molar-refractivity contribution is -0.141. The minimum absolute atomic E-state index is 0.101. The fourth-order valence-electron chi connectivity index (χ4n) is 1.55. The van der Waals surface area contributed by atoms with Crippen molar-refractivity contribution in [3.8, 4) is 0 Å². The third-order valence-electron chi connectivity index (χ3n) is 2.48. The molecule has 0 saturated heterocycles. The van der Waals surface area contributed by atoms with Crippen molar-refractivity contribution < 1.29 is 23.9 Å². The summed E-state index contributed by atoms with van der Waals surface area (Å²) in [4.78, 5) is 38.0. The highest BCUT2D eigenvalue weighted by Gasteiger charge is 2.13. The van der Waals surface area contributed by atoms with Crippen LogP contribution in [0.2, 0.25) is 5.02 Å². The van der Waals surface area contributed by atoms with Gasteiger partial charge in [0.05, 0.1) is 30.2 Å². The highest BCUT2D eigenvalue weighted by molar-refractivity contribution is 6.33. The molecule has 0 spiro atoms. The van der Waals surface area contributed by atoms with Crippen molar-refractivity contribution >= 4 is 41.5 Å². The number of carbonyl (C=O) groups excluding carboxylic acids is 3. The summed E-state index contributed by atoms with van der Waals surface area (Å²) in [5.74, 6) is -1.06. The number of urea groups is 1. The van der Waals surface area contributed by atoms with Crippen LogP contribution in [0.25, 0.3) is 0 Å². The molecule has 7 nitrogen and oxygen atoms in total. The molecule has 0 aliphatic rings. The van der Waals surface area contributed by atoms with Gasteiger partial charge < -0.3 is 14.8 Å². The number of esters is 2. The van der Waals surface area contributed by atoms with E-state index in [0.29, 0.717) is 5.69 Å². The van der Waals surface area contributed by atoms with Gasteiger partial charge in [-0.05, 0) is 32.0 Å². The summed E-state index contributed by atoms with van der Waals surface area (Å²) in [6.07, 6.45) is 1.05. The first-order chi connectivity index (χ1) is 11.0. The Morgan fingerprint density at radius 3 is 2.57 bits per heavy atom. The maximum atomic E-state index is 11.7. The lowest BCUT2D eigenvalue weighted by atomic mass is 10.2. The summed E-state index contributed by atoms with van der Waals surface area (Å²) < 4.78 is 9.56. The molecule has 0 saturated carbocycles. The van der Waals surface area contributed by atoms with E-state index in [1.807, 2.05) is 0 Å². The topological polar surface area (TPSA) is 94.1 Å². The second kappa shape index (κ2) is 9.58. The second-order valence-corrected chi connectivity index (χ2v) is 4.57. The molecule has 0 heterocycles. The zero-order valence-corrected chi connectivity index (χ0v) is 13.6. The average molecular weight is 341 g/mol. The molecule has 124 valence electrons. The van der Waals surface area contributed by atoms with Crippen LogP contribution in [0.1, 0.15) is 30.6 Å². The Kier molecular flexibility index (Phi) is 7.76. The first kappa shape index (κ1) is 18.6. The molecule has 1 N–H and O–H groups in total. The minimum Gasteiger partial charge on any atom is -0.466 e. The fourth-order valence-corrected chi connectivity index (χ4v) is 1.74. The lowest BCUT2D eigenvalue weighted by Gasteiger charge is -2.07. The van der Waals surface area contributed by atoms with Crippen molar-refractivity contribution in [1.82, 2.24) is 0 Å². The van der Waals surface area contributed by atoms with E-state index in [0.717, 1.165) is 6.21 Å². The molecular formula is C15H17ClN2O5. The number of amides is 2. The van der Waals surface area contributed by atoms with Crippen LogP contribution in [0.5, 0.6) is 0 Å². The summed E-state index contributed by atoms with van der Waals surface area (Å²) in [6.45, 7) is 3.84. The summed E-state index contributed by atoms with van der Waals surface area (Å²) in [5, 5.41) is 2.67. The Hall–Kier alpha value is -2.41. The van der Waals surface area contributed by atoms with Gasteiger partial charge in [0, 0.05) is 11.9 Å². The predicted octanol–water partition coefficient (Wildman–Crippen LogP) is 3.07. The molecule has 0 fully saturated rings. The Balaban J connectivity index is 2.68. The highest BCUT2D eigenvalue weighted by atomic mass is 35.5. The Morgan fingerprint density at radius 1 is 1.22 bits per heavy atom. The van der Waals surface area contributed by atoms with Crippen LogP contribution in [0, 0.1) is 0 Å². The molecule has 0 aromatic heterocycles. The maximum Gasteiger partial charge on any atom is 0.345 e. The zero-order valence-electron chi connectivity index (χ0n) is 12.8. The number of nitrogens with one attached hydrogen (secondary N) is 1. The van der Waals surface area contributed by atoms with Gasteiger partial charge in [-0.1, -0.05) is 11.6 Å². The van der Waals surface area contributed by atoms with E-state index >= 15 is 0 Å². The number of nitrogens with zero attached hydrogens (tertiary/aromatic N) is 1. The molecule has 1 aromatic carbocycles. The van der Waals surface area contributed by atoms with Crippen LogP contribution in [0.15, 0.2) is 23.2 Å². The molecule has 0 radical (unpaired) electrons. The van der Waals surface area contributed by atoms with E-state index in [1.165, 1.54) is 18.2 Å². The smallest absolute Gasteiger partial charge is 0.345 e. The predicted molar refractivity (Wildman–Crippen MR) is 86.2 cm³/mol. The number of halogens is 1. The lowest BCUT2D eigenvalue weighted by Crippen LogP contribution is -2.10. The van der Waals surface area contributed by atoms with E-state index in [2.05, 4.69) is 10.3 Å². The van der Waals surface area contributed by atoms with Gasteiger partial charge in [0.1, 0.15) is 0 Å². The number of benzene rings is 1. The van der Waals surface area contributed by atoms with Gasteiger partial charge in [-0.15, -0.1) is 0 Å². The van der Waals surface area contributed by atoms with Crippen LogP contribution in [0.4, 0.5) is 10.5 Å². The summed E-state index contributed by atoms with van der Waals surface area (Å²) >= 11 is 5.92. The first-order valence-corrected chi connectivity index (χ1v) is 7.31.